The molecule has 0 unspecified atom stereocenters. The summed E-state index contributed by atoms with van der Waals surface area (Å²) in [5.74, 6) is 0. The molecule has 0 fully saturated rings. The molecule has 0 radical (unpaired) electrons. The van der Waals surface area contributed by atoms with E-state index in [1.165, 1.54) is 23.4 Å². The molecule has 0 spiro atoms. The fraction of sp³-hybridized carbons (Fsp3) is 0.222. The molecule has 0 aliphatic carbocycles. The minimum absolute atomic E-state index is 0.248. The molecule has 25 heavy (non-hydrogen) atoms. The van der Waals surface area contributed by atoms with Gasteiger partial charge in [0.25, 0.3) is 0 Å². The third-order valence-corrected chi connectivity index (χ3v) is 4.66. The SMILES string of the molecule is COC(=O)N(SC)c1ccccc1CO/N=C(\C)c1ccc(Br)cc1. The van der Waals surface area contributed by atoms with Gasteiger partial charge in [0.1, 0.15) is 6.61 Å². The van der Waals surface area contributed by atoms with Crippen LogP contribution in [0.2, 0.25) is 0 Å². The van der Waals surface area contributed by atoms with Gasteiger partial charge in [-0.2, -0.15) is 0 Å². The largest absolute Gasteiger partial charge is 0.452 e. The molecule has 0 saturated heterocycles. The molecule has 5 nitrogen and oxygen atoms in total. The van der Waals surface area contributed by atoms with E-state index in [9.17, 15) is 4.79 Å². The van der Waals surface area contributed by atoms with Gasteiger partial charge in [-0.05, 0) is 42.6 Å². The molecule has 132 valence electrons. The van der Waals surface area contributed by atoms with Crippen molar-refractivity contribution in [3.05, 3.63) is 64.1 Å². The lowest BCUT2D eigenvalue weighted by Crippen LogP contribution is -2.24. The number of hydrogen-bond acceptors (Lipinski definition) is 5. The molecule has 0 N–H and O–H groups in total. The summed E-state index contributed by atoms with van der Waals surface area (Å²) in [6, 6.07) is 15.3. The number of nitrogens with zero attached hydrogens (tertiary/aromatic N) is 2. The fourth-order valence-electron chi connectivity index (χ4n) is 2.13. The Kier molecular flexibility index (Phi) is 7.33. The topological polar surface area (TPSA) is 51.1 Å². The van der Waals surface area contributed by atoms with Crippen molar-refractivity contribution in [2.24, 2.45) is 5.16 Å². The normalized spacial score (nSPS) is 11.1. The van der Waals surface area contributed by atoms with Gasteiger partial charge in [0.2, 0.25) is 0 Å². The summed E-state index contributed by atoms with van der Waals surface area (Å²) in [7, 11) is 1.36. The maximum absolute atomic E-state index is 11.9. The molecule has 0 aliphatic heterocycles. The van der Waals surface area contributed by atoms with Crippen LogP contribution in [0.25, 0.3) is 0 Å². The molecule has 0 saturated carbocycles. The molecule has 2 aromatic rings. The summed E-state index contributed by atoms with van der Waals surface area (Å²) in [5, 5.41) is 4.17. The van der Waals surface area contributed by atoms with Crippen LogP contribution < -0.4 is 4.31 Å². The molecule has 0 atom stereocenters. The average molecular weight is 423 g/mol. The standard InChI is InChI=1S/C18H19BrN2O3S/c1-13(14-8-10-16(19)11-9-14)20-24-12-15-6-4-5-7-17(15)21(25-3)18(22)23-2/h4-11H,12H2,1-3H3/b20-13+. The Bertz CT molecular complexity index is 750. The van der Waals surface area contributed by atoms with E-state index in [0.717, 1.165) is 27.0 Å². The van der Waals surface area contributed by atoms with Crippen LogP contribution in [-0.4, -0.2) is 25.2 Å². The molecule has 0 heterocycles. The number of carbonyl (C=O) groups is 1. The van der Waals surface area contributed by atoms with Gasteiger partial charge >= 0.3 is 6.09 Å². The van der Waals surface area contributed by atoms with Crippen LogP contribution in [0.15, 0.2) is 58.2 Å². The van der Waals surface area contributed by atoms with Crippen molar-refractivity contribution >= 4 is 45.4 Å². The number of hydrogen-bond donors (Lipinski definition) is 0. The lowest BCUT2D eigenvalue weighted by atomic mass is 10.1. The average Bonchev–Trinajstić information content (AvgIpc) is 2.63. The van der Waals surface area contributed by atoms with E-state index < -0.39 is 6.09 Å². The van der Waals surface area contributed by atoms with Crippen molar-refractivity contribution < 1.29 is 14.4 Å². The van der Waals surface area contributed by atoms with Crippen LogP contribution in [0, 0.1) is 0 Å². The summed E-state index contributed by atoms with van der Waals surface area (Å²) < 4.78 is 7.31. The first-order chi connectivity index (χ1) is 12.1. The summed E-state index contributed by atoms with van der Waals surface area (Å²) >= 11 is 4.68. The van der Waals surface area contributed by atoms with E-state index in [2.05, 4.69) is 21.1 Å². The Hall–Kier alpha value is -1.99. The van der Waals surface area contributed by atoms with Crippen molar-refractivity contribution in [2.45, 2.75) is 13.5 Å². The third kappa shape index (κ3) is 5.24. The fourth-order valence-corrected chi connectivity index (χ4v) is 2.99. The smallest absolute Gasteiger partial charge is 0.424 e. The van der Waals surface area contributed by atoms with Gasteiger partial charge in [0.15, 0.2) is 0 Å². The summed E-state index contributed by atoms with van der Waals surface area (Å²) in [6.07, 6.45) is 1.37. The number of halogens is 1. The summed E-state index contributed by atoms with van der Waals surface area (Å²) in [5.41, 5.74) is 3.32. The number of benzene rings is 2. The number of amides is 1. The Morgan fingerprint density at radius 2 is 1.88 bits per heavy atom. The highest BCUT2D eigenvalue weighted by molar-refractivity contribution is 9.10. The quantitative estimate of drug-likeness (QED) is 0.362. The van der Waals surface area contributed by atoms with Crippen LogP contribution in [0.4, 0.5) is 10.5 Å². The third-order valence-electron chi connectivity index (χ3n) is 3.42. The predicted octanol–water partition coefficient (Wildman–Crippen LogP) is 5.24. The van der Waals surface area contributed by atoms with E-state index in [1.54, 1.807) is 0 Å². The number of ether oxygens (including phenoxy) is 1. The van der Waals surface area contributed by atoms with Gasteiger partial charge in [-0.3, -0.25) is 0 Å². The molecule has 7 heteroatoms. The number of anilines is 1. The van der Waals surface area contributed by atoms with Crippen LogP contribution in [0.5, 0.6) is 0 Å². The Labute approximate surface area is 160 Å². The lowest BCUT2D eigenvalue weighted by molar-refractivity contribution is 0.131. The summed E-state index contributed by atoms with van der Waals surface area (Å²) in [4.78, 5) is 17.4. The minimum Gasteiger partial charge on any atom is -0.452 e. The monoisotopic (exact) mass is 422 g/mol. The van der Waals surface area contributed by atoms with Gasteiger partial charge in [0.05, 0.1) is 18.5 Å². The van der Waals surface area contributed by atoms with Crippen LogP contribution in [-0.2, 0) is 16.2 Å². The first-order valence-corrected chi connectivity index (χ1v) is 9.47. The van der Waals surface area contributed by atoms with Crippen LogP contribution >= 0.6 is 27.9 Å². The lowest BCUT2D eigenvalue weighted by Gasteiger charge is -2.20. The number of oxime groups is 1. The molecule has 1 amide bonds. The Morgan fingerprint density at radius 1 is 1.20 bits per heavy atom. The van der Waals surface area contributed by atoms with E-state index in [-0.39, 0.29) is 6.61 Å². The van der Waals surface area contributed by atoms with Gasteiger partial charge in [0, 0.05) is 16.3 Å². The number of methoxy groups -OCH3 is 1. The highest BCUT2D eigenvalue weighted by Crippen LogP contribution is 2.27. The van der Waals surface area contributed by atoms with Gasteiger partial charge < -0.3 is 9.57 Å². The van der Waals surface area contributed by atoms with Gasteiger partial charge in [-0.1, -0.05) is 51.4 Å². The minimum atomic E-state index is -0.436. The molecule has 2 rings (SSSR count). The van der Waals surface area contributed by atoms with E-state index in [0.29, 0.717) is 0 Å². The van der Waals surface area contributed by atoms with Crippen molar-refractivity contribution in [2.75, 3.05) is 17.7 Å². The van der Waals surface area contributed by atoms with Gasteiger partial charge in [-0.15, -0.1) is 0 Å². The van der Waals surface area contributed by atoms with E-state index in [4.69, 9.17) is 9.57 Å². The number of rotatable bonds is 6. The number of para-hydroxylation sites is 1. The molecular weight excluding hydrogens is 404 g/mol. The van der Waals surface area contributed by atoms with Crippen LogP contribution in [0.1, 0.15) is 18.1 Å². The Balaban J connectivity index is 2.12. The predicted molar refractivity (Wildman–Crippen MR) is 106 cm³/mol. The molecule has 2 aromatic carbocycles. The molecule has 0 aromatic heterocycles. The molecular formula is C18H19BrN2O3S. The Morgan fingerprint density at radius 3 is 2.52 bits per heavy atom. The summed E-state index contributed by atoms with van der Waals surface area (Å²) in [6.45, 7) is 2.13. The zero-order chi connectivity index (χ0) is 18.2. The second kappa shape index (κ2) is 9.48. The highest BCUT2D eigenvalue weighted by Gasteiger charge is 2.18. The second-order valence-corrected chi connectivity index (χ2v) is 6.68. The zero-order valence-corrected chi connectivity index (χ0v) is 16.6. The molecule has 0 aliphatic rings. The number of carbonyl (C=O) groups excluding carboxylic acids is 1. The highest BCUT2D eigenvalue weighted by atomic mass is 79.9. The van der Waals surface area contributed by atoms with E-state index >= 15 is 0 Å². The second-order valence-electron chi connectivity index (χ2n) is 5.03. The zero-order valence-electron chi connectivity index (χ0n) is 14.2. The van der Waals surface area contributed by atoms with Crippen LogP contribution in [0.3, 0.4) is 0 Å². The maximum Gasteiger partial charge on any atom is 0.424 e. The van der Waals surface area contributed by atoms with Gasteiger partial charge in [-0.25, -0.2) is 9.10 Å². The first kappa shape index (κ1) is 19.3. The maximum atomic E-state index is 11.9. The van der Waals surface area contributed by atoms with Crippen molar-refractivity contribution in [3.63, 3.8) is 0 Å². The first-order valence-electron chi connectivity index (χ1n) is 7.49. The van der Waals surface area contributed by atoms with Crippen molar-refractivity contribution in [1.29, 1.82) is 0 Å². The van der Waals surface area contributed by atoms with Crippen molar-refractivity contribution in [3.8, 4) is 0 Å². The molecule has 0 bridgehead atoms. The van der Waals surface area contributed by atoms with E-state index in [1.807, 2.05) is 61.7 Å². The van der Waals surface area contributed by atoms with Crippen molar-refractivity contribution in [1.82, 2.24) is 0 Å².